The van der Waals surface area contributed by atoms with Crippen LogP contribution in [-0.2, 0) is 9.53 Å². The Morgan fingerprint density at radius 2 is 1.71 bits per heavy atom. The average molecular weight is 485 g/mol. The molecule has 1 aromatic heterocycles. The van der Waals surface area contributed by atoms with Crippen molar-refractivity contribution in [1.82, 2.24) is 19.4 Å². The van der Waals surface area contributed by atoms with Gasteiger partial charge in [0.15, 0.2) is 0 Å². The molecule has 4 rings (SSSR count). The number of nitrogens with one attached hydrogen (secondary N) is 1. The summed E-state index contributed by atoms with van der Waals surface area (Å²) in [4.78, 5) is 41.0. The molecule has 0 spiro atoms. The highest BCUT2D eigenvalue weighted by Gasteiger charge is 2.36. The lowest BCUT2D eigenvalue weighted by atomic mass is 9.95. The zero-order chi connectivity index (χ0) is 25.3. The lowest BCUT2D eigenvalue weighted by molar-refractivity contribution is -0.159. The number of hydrogen-bond acceptors (Lipinski definition) is 5. The van der Waals surface area contributed by atoms with E-state index in [-0.39, 0.29) is 29.6 Å². The van der Waals surface area contributed by atoms with Crippen LogP contribution in [0.15, 0.2) is 29.1 Å². The zero-order valence-electron chi connectivity index (χ0n) is 21.8. The monoisotopic (exact) mass is 484 g/mol. The van der Waals surface area contributed by atoms with E-state index in [4.69, 9.17) is 4.74 Å². The van der Waals surface area contributed by atoms with Crippen molar-refractivity contribution in [3.05, 3.63) is 34.7 Å². The van der Waals surface area contributed by atoms with Crippen molar-refractivity contribution in [2.45, 2.75) is 84.4 Å². The predicted octanol–water partition coefficient (Wildman–Crippen LogP) is 4.16. The number of para-hydroxylation sites is 2. The second kappa shape index (κ2) is 10.2. The highest BCUT2D eigenvalue weighted by molar-refractivity contribution is 5.89. The molecule has 8 heteroatoms. The van der Waals surface area contributed by atoms with E-state index in [1.54, 1.807) is 4.57 Å². The van der Waals surface area contributed by atoms with Crippen LogP contribution < -0.4 is 11.0 Å². The minimum absolute atomic E-state index is 0.00233. The first-order valence-corrected chi connectivity index (χ1v) is 13.0. The van der Waals surface area contributed by atoms with Crippen LogP contribution in [0.2, 0.25) is 0 Å². The highest BCUT2D eigenvalue weighted by atomic mass is 16.6. The van der Waals surface area contributed by atoms with Crippen molar-refractivity contribution in [2.24, 2.45) is 11.8 Å². The molecule has 2 fully saturated rings. The summed E-state index contributed by atoms with van der Waals surface area (Å²) in [6.07, 6.45) is 4.80. The molecule has 2 aromatic rings. The van der Waals surface area contributed by atoms with Crippen molar-refractivity contribution in [1.29, 1.82) is 0 Å². The number of hydrogen-bond donors (Lipinski definition) is 1. The van der Waals surface area contributed by atoms with E-state index in [9.17, 15) is 14.4 Å². The molecule has 2 unspecified atom stereocenters. The smallest absolute Gasteiger partial charge is 0.337 e. The molecule has 1 aliphatic carbocycles. The van der Waals surface area contributed by atoms with Crippen molar-refractivity contribution >= 4 is 23.0 Å². The lowest BCUT2D eigenvalue weighted by Crippen LogP contribution is -2.44. The zero-order valence-corrected chi connectivity index (χ0v) is 21.8. The second-order valence-corrected chi connectivity index (χ2v) is 11.4. The fourth-order valence-corrected chi connectivity index (χ4v) is 5.59. The molecule has 1 aromatic carbocycles. The molecule has 2 aliphatic rings. The molecular weight excluding hydrogens is 444 g/mol. The SMILES string of the molecule is CC(C)n1c(=O)n(C(=O)NCC2CCN(C3CCC(C(=O)OC(C)(C)C)C3)CC2)c2ccccc21. The number of carbonyl (C=O) groups excluding carboxylic acids is 2. The van der Waals surface area contributed by atoms with E-state index in [2.05, 4.69) is 10.2 Å². The van der Waals surface area contributed by atoms with Crippen LogP contribution in [0, 0.1) is 11.8 Å². The number of ether oxygens (including phenoxy) is 1. The third kappa shape index (κ3) is 5.63. The van der Waals surface area contributed by atoms with Gasteiger partial charge >= 0.3 is 17.7 Å². The summed E-state index contributed by atoms with van der Waals surface area (Å²) < 4.78 is 8.52. The summed E-state index contributed by atoms with van der Waals surface area (Å²) in [5.41, 5.74) is 0.679. The topological polar surface area (TPSA) is 85.6 Å². The van der Waals surface area contributed by atoms with Gasteiger partial charge in [-0.1, -0.05) is 12.1 Å². The van der Waals surface area contributed by atoms with Gasteiger partial charge in [0.25, 0.3) is 0 Å². The van der Waals surface area contributed by atoms with Gasteiger partial charge in [0, 0.05) is 18.6 Å². The Morgan fingerprint density at radius 1 is 1.06 bits per heavy atom. The number of fused-ring (bicyclic) bond motifs is 1. The highest BCUT2D eigenvalue weighted by Crippen LogP contribution is 2.33. The summed E-state index contributed by atoms with van der Waals surface area (Å²) in [5, 5.41) is 3.01. The summed E-state index contributed by atoms with van der Waals surface area (Å²) in [6.45, 7) is 12.1. The minimum Gasteiger partial charge on any atom is -0.460 e. The Bertz CT molecular complexity index is 1120. The number of piperidine rings is 1. The Morgan fingerprint density at radius 3 is 2.34 bits per heavy atom. The molecule has 35 heavy (non-hydrogen) atoms. The summed E-state index contributed by atoms with van der Waals surface area (Å²) in [6, 6.07) is 7.48. The van der Waals surface area contributed by atoms with Gasteiger partial charge in [0.05, 0.1) is 17.0 Å². The van der Waals surface area contributed by atoms with Crippen LogP contribution in [-0.4, -0.2) is 57.3 Å². The Hall–Kier alpha value is -2.61. The molecule has 2 atom stereocenters. The number of esters is 1. The fraction of sp³-hybridized carbons (Fsp3) is 0.667. The first kappa shape index (κ1) is 25.5. The standard InChI is InChI=1S/C27H40N4O4/c1-18(2)30-22-8-6-7-9-23(22)31(26(30)34)25(33)28-17-19-12-14-29(15-13-19)21-11-10-20(16-21)24(32)35-27(3,4)5/h6-9,18-21H,10-17H2,1-5H3,(H,28,33). The van der Waals surface area contributed by atoms with E-state index in [1.165, 1.54) is 4.57 Å². The number of imidazole rings is 1. The van der Waals surface area contributed by atoms with E-state index in [1.807, 2.05) is 58.9 Å². The van der Waals surface area contributed by atoms with Gasteiger partial charge in [-0.15, -0.1) is 0 Å². The Labute approximate surface area is 207 Å². The van der Waals surface area contributed by atoms with E-state index in [0.717, 1.165) is 50.7 Å². The van der Waals surface area contributed by atoms with Crippen LogP contribution in [0.3, 0.4) is 0 Å². The number of likely N-dealkylation sites (tertiary alicyclic amines) is 1. The predicted molar refractivity (Wildman–Crippen MR) is 137 cm³/mol. The molecule has 1 aliphatic heterocycles. The van der Waals surface area contributed by atoms with Gasteiger partial charge in [-0.2, -0.15) is 0 Å². The molecule has 0 radical (unpaired) electrons. The number of aromatic nitrogens is 2. The first-order chi connectivity index (χ1) is 16.5. The molecule has 1 N–H and O–H groups in total. The van der Waals surface area contributed by atoms with Crippen LogP contribution in [0.25, 0.3) is 11.0 Å². The van der Waals surface area contributed by atoms with E-state index >= 15 is 0 Å². The van der Waals surface area contributed by atoms with Crippen LogP contribution in [0.1, 0.15) is 72.8 Å². The Balaban J connectivity index is 1.29. The molecule has 2 heterocycles. The maximum absolute atomic E-state index is 13.0. The van der Waals surface area contributed by atoms with Crippen molar-refractivity contribution in [3.63, 3.8) is 0 Å². The summed E-state index contributed by atoms with van der Waals surface area (Å²) in [7, 11) is 0. The summed E-state index contributed by atoms with van der Waals surface area (Å²) in [5.74, 6) is 0.321. The number of carbonyl (C=O) groups is 2. The quantitative estimate of drug-likeness (QED) is 0.644. The minimum atomic E-state index is -0.438. The van der Waals surface area contributed by atoms with Gasteiger partial charge < -0.3 is 15.0 Å². The Kier molecular flexibility index (Phi) is 7.40. The van der Waals surface area contributed by atoms with Crippen molar-refractivity contribution < 1.29 is 14.3 Å². The number of rotatable bonds is 5. The maximum Gasteiger partial charge on any atom is 0.337 e. The van der Waals surface area contributed by atoms with E-state index < -0.39 is 5.60 Å². The molecule has 1 saturated heterocycles. The van der Waals surface area contributed by atoms with Crippen LogP contribution in [0.5, 0.6) is 0 Å². The van der Waals surface area contributed by atoms with Gasteiger partial charge in [-0.05, 0) is 97.9 Å². The van der Waals surface area contributed by atoms with Gasteiger partial charge in [-0.3, -0.25) is 9.36 Å². The third-order valence-corrected chi connectivity index (χ3v) is 7.35. The van der Waals surface area contributed by atoms with Crippen molar-refractivity contribution in [3.8, 4) is 0 Å². The molecule has 0 bridgehead atoms. The molecule has 1 saturated carbocycles. The summed E-state index contributed by atoms with van der Waals surface area (Å²) >= 11 is 0. The van der Waals surface area contributed by atoms with Crippen molar-refractivity contribution in [2.75, 3.05) is 19.6 Å². The fourth-order valence-electron chi connectivity index (χ4n) is 5.59. The largest absolute Gasteiger partial charge is 0.460 e. The van der Waals surface area contributed by atoms with Crippen LogP contribution >= 0.6 is 0 Å². The number of benzene rings is 1. The number of amides is 1. The van der Waals surface area contributed by atoms with E-state index in [0.29, 0.717) is 24.0 Å². The normalized spacial score (nSPS) is 22.1. The molecular formula is C27H40N4O4. The molecule has 8 nitrogen and oxygen atoms in total. The first-order valence-electron chi connectivity index (χ1n) is 13.0. The van der Waals surface area contributed by atoms with Crippen LogP contribution in [0.4, 0.5) is 4.79 Å². The number of nitrogens with zero attached hydrogens (tertiary/aromatic N) is 3. The average Bonchev–Trinajstić information content (AvgIpc) is 3.39. The maximum atomic E-state index is 13.0. The van der Waals surface area contributed by atoms with Gasteiger partial charge in [-0.25, -0.2) is 14.2 Å². The van der Waals surface area contributed by atoms with Gasteiger partial charge in [0.2, 0.25) is 0 Å². The second-order valence-electron chi connectivity index (χ2n) is 11.4. The molecule has 1 amide bonds. The third-order valence-electron chi connectivity index (χ3n) is 7.35. The lowest BCUT2D eigenvalue weighted by Gasteiger charge is -2.36. The van der Waals surface area contributed by atoms with Gasteiger partial charge in [0.1, 0.15) is 5.60 Å². The molecule has 192 valence electrons.